The standard InChI is InChI=1S/C9H19/c1-8(2)6-5-7-9(3)4/h8-9H,1,5-7H2,2-4H3/t8-/m1/s1. The van der Waals surface area contributed by atoms with Crippen LogP contribution in [-0.4, -0.2) is 0 Å². The van der Waals surface area contributed by atoms with Crippen LogP contribution in [0.3, 0.4) is 0 Å². The van der Waals surface area contributed by atoms with Crippen LogP contribution < -0.4 is 0 Å². The van der Waals surface area contributed by atoms with E-state index in [0.29, 0.717) is 5.92 Å². The fourth-order valence-electron chi connectivity index (χ4n) is 0.875. The fraction of sp³-hybridized carbons (Fsp3) is 0.889. The van der Waals surface area contributed by atoms with Crippen LogP contribution in [0.5, 0.6) is 0 Å². The zero-order valence-electron chi connectivity index (χ0n) is 6.98. The Bertz CT molecular complexity index is 45.1. The Labute approximate surface area is 59.7 Å². The van der Waals surface area contributed by atoms with Crippen LogP contribution in [0.2, 0.25) is 0 Å². The maximum Gasteiger partial charge on any atom is -0.0443 e. The minimum atomic E-state index is 0.642. The number of rotatable bonds is 4. The van der Waals surface area contributed by atoms with E-state index < -0.39 is 0 Å². The Balaban J connectivity index is 2.91. The minimum Gasteiger partial charge on any atom is -0.0628 e. The second-order valence-electron chi connectivity index (χ2n) is 3.43. The van der Waals surface area contributed by atoms with Crippen molar-refractivity contribution < 1.29 is 0 Å². The molecule has 0 aliphatic rings. The van der Waals surface area contributed by atoms with Gasteiger partial charge in [-0.1, -0.05) is 47.0 Å². The maximum atomic E-state index is 3.94. The van der Waals surface area contributed by atoms with E-state index in [1.807, 2.05) is 0 Å². The first kappa shape index (κ1) is 9.00. The molecule has 0 amide bonds. The largest absolute Gasteiger partial charge is 0.0628 e. The molecule has 0 saturated carbocycles. The Kier molecular flexibility index (Phi) is 4.84. The van der Waals surface area contributed by atoms with E-state index in [4.69, 9.17) is 0 Å². The van der Waals surface area contributed by atoms with Crippen molar-refractivity contribution in [2.45, 2.75) is 40.0 Å². The van der Waals surface area contributed by atoms with Gasteiger partial charge in [0, 0.05) is 0 Å². The normalized spacial score (nSPS) is 11.3. The molecule has 0 spiro atoms. The van der Waals surface area contributed by atoms with E-state index >= 15 is 0 Å². The van der Waals surface area contributed by atoms with E-state index in [-0.39, 0.29) is 0 Å². The summed E-state index contributed by atoms with van der Waals surface area (Å²) in [6.07, 6.45) is 4.00. The first-order valence-electron chi connectivity index (χ1n) is 3.96. The lowest BCUT2D eigenvalue weighted by Gasteiger charge is -2.05. The highest BCUT2D eigenvalue weighted by Crippen LogP contribution is 2.10. The van der Waals surface area contributed by atoms with Crippen molar-refractivity contribution in [1.29, 1.82) is 0 Å². The fourth-order valence-corrected chi connectivity index (χ4v) is 0.875. The van der Waals surface area contributed by atoms with Gasteiger partial charge >= 0.3 is 0 Å². The third kappa shape index (κ3) is 8.00. The van der Waals surface area contributed by atoms with Gasteiger partial charge in [0.15, 0.2) is 0 Å². The summed E-state index contributed by atoms with van der Waals surface area (Å²) in [4.78, 5) is 0. The SMILES string of the molecule is [CH2][C@H](C)CCCC(C)C. The Morgan fingerprint density at radius 1 is 1.11 bits per heavy atom. The first-order valence-corrected chi connectivity index (χ1v) is 3.96. The van der Waals surface area contributed by atoms with E-state index in [1.165, 1.54) is 19.3 Å². The van der Waals surface area contributed by atoms with E-state index in [1.54, 1.807) is 0 Å². The average molecular weight is 127 g/mol. The summed E-state index contributed by atoms with van der Waals surface area (Å²) in [5, 5.41) is 0. The molecule has 0 fully saturated rings. The number of hydrogen-bond donors (Lipinski definition) is 0. The monoisotopic (exact) mass is 127 g/mol. The minimum absolute atomic E-state index is 0.642. The van der Waals surface area contributed by atoms with Crippen molar-refractivity contribution in [3.05, 3.63) is 6.92 Å². The van der Waals surface area contributed by atoms with Gasteiger partial charge in [0.05, 0.1) is 0 Å². The van der Waals surface area contributed by atoms with Gasteiger partial charge in [0.2, 0.25) is 0 Å². The molecule has 0 aromatic rings. The predicted octanol–water partition coefficient (Wildman–Crippen LogP) is 3.28. The van der Waals surface area contributed by atoms with Crippen LogP contribution in [-0.2, 0) is 0 Å². The number of hydrogen-bond acceptors (Lipinski definition) is 0. The molecule has 0 unspecified atom stereocenters. The van der Waals surface area contributed by atoms with Crippen LogP contribution in [0.4, 0.5) is 0 Å². The molecular weight excluding hydrogens is 108 g/mol. The zero-order chi connectivity index (χ0) is 7.28. The van der Waals surface area contributed by atoms with Gasteiger partial charge in [-0.15, -0.1) is 0 Å². The Hall–Kier alpha value is 0. The smallest absolute Gasteiger partial charge is 0.0443 e. The van der Waals surface area contributed by atoms with Gasteiger partial charge in [0.1, 0.15) is 0 Å². The first-order chi connectivity index (χ1) is 4.13. The summed E-state index contributed by atoms with van der Waals surface area (Å²) in [5.74, 6) is 1.51. The molecule has 0 aliphatic heterocycles. The van der Waals surface area contributed by atoms with Crippen LogP contribution in [0.1, 0.15) is 40.0 Å². The van der Waals surface area contributed by atoms with Gasteiger partial charge in [-0.25, -0.2) is 0 Å². The molecular formula is C9H19. The predicted molar refractivity (Wildman–Crippen MR) is 43.2 cm³/mol. The highest BCUT2D eigenvalue weighted by Gasteiger charge is 1.95. The average Bonchev–Trinajstić information content (AvgIpc) is 1.63. The van der Waals surface area contributed by atoms with Gasteiger partial charge in [0.25, 0.3) is 0 Å². The lowest BCUT2D eigenvalue weighted by Crippen LogP contribution is -1.91. The Morgan fingerprint density at radius 3 is 2.00 bits per heavy atom. The molecule has 0 nitrogen and oxygen atoms in total. The molecule has 1 radical (unpaired) electrons. The maximum absolute atomic E-state index is 3.94. The van der Waals surface area contributed by atoms with Crippen molar-refractivity contribution in [1.82, 2.24) is 0 Å². The summed E-state index contributed by atoms with van der Waals surface area (Å²) < 4.78 is 0. The molecule has 0 saturated heterocycles. The van der Waals surface area contributed by atoms with Crippen molar-refractivity contribution in [2.75, 3.05) is 0 Å². The summed E-state index contributed by atoms with van der Waals surface area (Å²) in [6, 6.07) is 0. The molecule has 0 N–H and O–H groups in total. The molecule has 9 heavy (non-hydrogen) atoms. The van der Waals surface area contributed by atoms with Crippen molar-refractivity contribution >= 4 is 0 Å². The van der Waals surface area contributed by atoms with Crippen molar-refractivity contribution in [3.8, 4) is 0 Å². The van der Waals surface area contributed by atoms with Crippen LogP contribution in [0.15, 0.2) is 0 Å². The van der Waals surface area contributed by atoms with Crippen LogP contribution in [0.25, 0.3) is 0 Å². The van der Waals surface area contributed by atoms with E-state index in [0.717, 1.165) is 5.92 Å². The highest BCUT2D eigenvalue weighted by molar-refractivity contribution is 4.55. The van der Waals surface area contributed by atoms with Crippen molar-refractivity contribution in [3.63, 3.8) is 0 Å². The molecule has 0 heteroatoms. The Morgan fingerprint density at radius 2 is 1.67 bits per heavy atom. The second-order valence-corrected chi connectivity index (χ2v) is 3.43. The van der Waals surface area contributed by atoms with Crippen LogP contribution >= 0.6 is 0 Å². The molecule has 0 heterocycles. The zero-order valence-corrected chi connectivity index (χ0v) is 6.98. The lowest BCUT2D eigenvalue weighted by atomic mass is 10.0. The molecule has 0 aromatic carbocycles. The van der Waals surface area contributed by atoms with E-state index in [2.05, 4.69) is 27.7 Å². The van der Waals surface area contributed by atoms with Gasteiger partial charge in [-0.05, 0) is 11.8 Å². The quantitative estimate of drug-likeness (QED) is 0.543. The lowest BCUT2D eigenvalue weighted by molar-refractivity contribution is 0.500. The van der Waals surface area contributed by atoms with Gasteiger partial charge in [-0.3, -0.25) is 0 Å². The summed E-state index contributed by atoms with van der Waals surface area (Å²) >= 11 is 0. The molecule has 0 rings (SSSR count). The van der Waals surface area contributed by atoms with Gasteiger partial charge < -0.3 is 0 Å². The second kappa shape index (κ2) is 4.84. The third-order valence-corrected chi connectivity index (χ3v) is 1.48. The molecule has 0 bridgehead atoms. The summed E-state index contributed by atoms with van der Waals surface area (Å²) in [7, 11) is 0. The molecule has 55 valence electrons. The van der Waals surface area contributed by atoms with E-state index in [9.17, 15) is 0 Å². The molecule has 0 aliphatic carbocycles. The summed E-state index contributed by atoms with van der Waals surface area (Å²) in [5.41, 5.74) is 0. The molecule has 0 aromatic heterocycles. The van der Waals surface area contributed by atoms with Gasteiger partial charge in [-0.2, -0.15) is 0 Å². The highest BCUT2D eigenvalue weighted by atomic mass is 14.0. The molecule has 1 atom stereocenters. The third-order valence-electron chi connectivity index (χ3n) is 1.48. The summed E-state index contributed by atoms with van der Waals surface area (Å²) in [6.45, 7) is 10.7. The topological polar surface area (TPSA) is 0 Å². The van der Waals surface area contributed by atoms with Crippen LogP contribution in [0, 0.1) is 18.8 Å². The van der Waals surface area contributed by atoms with Crippen molar-refractivity contribution in [2.24, 2.45) is 11.8 Å².